The average Bonchev–Trinajstić information content (AvgIpc) is 2.90. The van der Waals surface area contributed by atoms with Gasteiger partial charge in [-0.15, -0.1) is 0 Å². The summed E-state index contributed by atoms with van der Waals surface area (Å²) in [6.07, 6.45) is 0.987. The number of nitrogens with one attached hydrogen (secondary N) is 2. The first kappa shape index (κ1) is 13.0. The topological polar surface area (TPSA) is 40.7 Å². The maximum atomic E-state index is 13.6. The van der Waals surface area contributed by atoms with Crippen LogP contribution >= 0.6 is 15.9 Å². The molecule has 0 spiro atoms. The Morgan fingerprint density at radius 1 is 1.24 bits per heavy atom. The molecule has 0 aliphatic carbocycles. The van der Waals surface area contributed by atoms with Crippen molar-refractivity contribution >= 4 is 27.0 Å². The van der Waals surface area contributed by atoms with Crippen molar-refractivity contribution in [3.8, 4) is 11.4 Å². The molecule has 1 aromatic heterocycles. The highest BCUT2D eigenvalue weighted by Gasteiger charge is 2.16. The third kappa shape index (κ3) is 2.17. The Balaban J connectivity index is 1.91. The summed E-state index contributed by atoms with van der Waals surface area (Å²) >= 11 is 3.20. The van der Waals surface area contributed by atoms with E-state index in [9.17, 15) is 4.39 Å². The molecule has 0 fully saturated rings. The Labute approximate surface area is 129 Å². The van der Waals surface area contributed by atoms with Gasteiger partial charge in [0.25, 0.3) is 0 Å². The quantitative estimate of drug-likeness (QED) is 0.704. The minimum Gasteiger partial charge on any atom is -0.338 e. The van der Waals surface area contributed by atoms with Gasteiger partial charge in [-0.05, 0) is 46.1 Å². The van der Waals surface area contributed by atoms with Gasteiger partial charge in [-0.2, -0.15) is 0 Å². The molecule has 0 atom stereocenters. The molecular formula is C16H13BrFN3. The van der Waals surface area contributed by atoms with Crippen molar-refractivity contribution in [2.45, 2.75) is 13.0 Å². The summed E-state index contributed by atoms with van der Waals surface area (Å²) in [5.74, 6) is 0.526. The van der Waals surface area contributed by atoms with Crippen LogP contribution in [0.5, 0.6) is 0 Å². The van der Waals surface area contributed by atoms with Gasteiger partial charge >= 0.3 is 0 Å². The summed E-state index contributed by atoms with van der Waals surface area (Å²) in [5, 5.41) is 3.37. The average molecular weight is 346 g/mol. The molecule has 5 heteroatoms. The van der Waals surface area contributed by atoms with Crippen LogP contribution in [0, 0.1) is 5.82 Å². The van der Waals surface area contributed by atoms with Crippen molar-refractivity contribution in [2.24, 2.45) is 0 Å². The zero-order valence-electron chi connectivity index (χ0n) is 11.2. The van der Waals surface area contributed by atoms with Gasteiger partial charge in [-0.1, -0.05) is 18.2 Å². The Morgan fingerprint density at radius 3 is 3.05 bits per heavy atom. The number of H-pyrrole nitrogens is 1. The van der Waals surface area contributed by atoms with Crippen LogP contribution in [-0.4, -0.2) is 16.5 Å². The molecule has 0 amide bonds. The van der Waals surface area contributed by atoms with Gasteiger partial charge in [-0.25, -0.2) is 9.37 Å². The number of rotatable bonds is 1. The zero-order chi connectivity index (χ0) is 14.4. The highest BCUT2D eigenvalue weighted by Crippen LogP contribution is 2.29. The van der Waals surface area contributed by atoms with Gasteiger partial charge in [0.2, 0.25) is 0 Å². The van der Waals surface area contributed by atoms with Crippen molar-refractivity contribution < 1.29 is 4.39 Å². The lowest BCUT2D eigenvalue weighted by Gasteiger charge is -2.19. The maximum absolute atomic E-state index is 13.6. The van der Waals surface area contributed by atoms with Crippen molar-refractivity contribution in [3.05, 3.63) is 51.7 Å². The van der Waals surface area contributed by atoms with E-state index in [1.807, 2.05) is 6.07 Å². The lowest BCUT2D eigenvalue weighted by atomic mass is 9.95. The predicted octanol–water partition coefficient (Wildman–Crippen LogP) is 3.78. The molecule has 4 rings (SSSR count). The van der Waals surface area contributed by atoms with Crippen LogP contribution in [0.25, 0.3) is 22.4 Å². The highest BCUT2D eigenvalue weighted by molar-refractivity contribution is 9.10. The maximum Gasteiger partial charge on any atom is 0.139 e. The standard InChI is InChI=1S/C16H13BrFN3/c17-12-6-14-15(7-13(12)18)21-16(20-14)11-3-1-2-9-8-19-5-4-10(9)11/h1-3,6-7,19H,4-5,8H2,(H,20,21). The van der Waals surface area contributed by atoms with Gasteiger partial charge in [0.05, 0.1) is 15.5 Å². The number of imidazole rings is 1. The number of aromatic amines is 1. The van der Waals surface area contributed by atoms with Crippen LogP contribution in [0.15, 0.2) is 34.8 Å². The Kier molecular flexibility index (Phi) is 3.05. The Hall–Kier alpha value is -1.72. The molecule has 3 nitrogen and oxygen atoms in total. The van der Waals surface area contributed by atoms with E-state index < -0.39 is 0 Å². The first-order valence-corrected chi connectivity index (χ1v) is 7.68. The second-order valence-corrected chi connectivity index (χ2v) is 6.09. The van der Waals surface area contributed by atoms with Crippen molar-refractivity contribution in [1.29, 1.82) is 0 Å². The van der Waals surface area contributed by atoms with E-state index in [-0.39, 0.29) is 5.82 Å². The van der Waals surface area contributed by atoms with Gasteiger partial charge in [0.1, 0.15) is 11.6 Å². The van der Waals surface area contributed by atoms with E-state index in [0.717, 1.165) is 41.9 Å². The largest absolute Gasteiger partial charge is 0.338 e. The van der Waals surface area contributed by atoms with E-state index in [1.165, 1.54) is 17.2 Å². The number of hydrogen-bond acceptors (Lipinski definition) is 2. The molecule has 106 valence electrons. The van der Waals surface area contributed by atoms with Gasteiger partial charge < -0.3 is 10.3 Å². The molecule has 1 aliphatic rings. The SMILES string of the molecule is Fc1cc2[nH]c(-c3cccc4c3CCNC4)nc2cc1Br. The van der Waals surface area contributed by atoms with E-state index in [4.69, 9.17) is 0 Å². The molecule has 2 heterocycles. The number of fused-ring (bicyclic) bond motifs is 2. The summed E-state index contributed by atoms with van der Waals surface area (Å²) in [6.45, 7) is 1.87. The van der Waals surface area contributed by atoms with Crippen LogP contribution in [0.1, 0.15) is 11.1 Å². The first-order chi connectivity index (χ1) is 10.2. The third-order valence-corrected chi connectivity index (χ3v) is 4.53. The zero-order valence-corrected chi connectivity index (χ0v) is 12.8. The summed E-state index contributed by atoms with van der Waals surface area (Å²) in [5.41, 5.74) is 5.24. The molecule has 0 saturated heterocycles. The Morgan fingerprint density at radius 2 is 2.14 bits per heavy atom. The molecule has 0 unspecified atom stereocenters. The van der Waals surface area contributed by atoms with E-state index in [1.54, 1.807) is 6.07 Å². The predicted molar refractivity (Wildman–Crippen MR) is 84.6 cm³/mol. The lowest BCUT2D eigenvalue weighted by molar-refractivity contribution is 0.623. The van der Waals surface area contributed by atoms with Crippen molar-refractivity contribution in [2.75, 3.05) is 6.54 Å². The molecule has 2 N–H and O–H groups in total. The lowest BCUT2D eigenvalue weighted by Crippen LogP contribution is -2.24. The second kappa shape index (κ2) is 4.93. The van der Waals surface area contributed by atoms with Crippen LogP contribution < -0.4 is 5.32 Å². The minimum atomic E-state index is -0.281. The van der Waals surface area contributed by atoms with Gasteiger partial charge in [0.15, 0.2) is 0 Å². The normalized spacial score (nSPS) is 14.4. The van der Waals surface area contributed by atoms with Crippen LogP contribution in [0.2, 0.25) is 0 Å². The molecule has 2 aromatic carbocycles. The highest BCUT2D eigenvalue weighted by atomic mass is 79.9. The summed E-state index contributed by atoms with van der Waals surface area (Å²) < 4.78 is 14.1. The molecule has 0 bridgehead atoms. The van der Waals surface area contributed by atoms with Crippen LogP contribution in [0.3, 0.4) is 0 Å². The number of benzene rings is 2. The third-order valence-electron chi connectivity index (χ3n) is 3.92. The summed E-state index contributed by atoms with van der Waals surface area (Å²) in [7, 11) is 0. The summed E-state index contributed by atoms with van der Waals surface area (Å²) in [6, 6.07) is 9.45. The number of halogens is 2. The molecule has 0 radical (unpaired) electrons. The fourth-order valence-corrected chi connectivity index (χ4v) is 3.22. The Bertz CT molecular complexity index is 802. The fourth-order valence-electron chi connectivity index (χ4n) is 2.89. The van der Waals surface area contributed by atoms with Crippen molar-refractivity contribution in [1.82, 2.24) is 15.3 Å². The van der Waals surface area contributed by atoms with E-state index >= 15 is 0 Å². The first-order valence-electron chi connectivity index (χ1n) is 6.89. The molecule has 0 saturated carbocycles. The summed E-state index contributed by atoms with van der Waals surface area (Å²) in [4.78, 5) is 7.86. The number of nitrogens with zero attached hydrogens (tertiary/aromatic N) is 1. The smallest absolute Gasteiger partial charge is 0.139 e. The van der Waals surface area contributed by atoms with E-state index in [2.05, 4.69) is 43.3 Å². The second-order valence-electron chi connectivity index (χ2n) is 5.24. The van der Waals surface area contributed by atoms with Crippen LogP contribution in [0.4, 0.5) is 4.39 Å². The monoisotopic (exact) mass is 345 g/mol. The number of hydrogen-bond donors (Lipinski definition) is 2. The fraction of sp³-hybridized carbons (Fsp3) is 0.188. The van der Waals surface area contributed by atoms with Gasteiger partial charge in [-0.3, -0.25) is 0 Å². The van der Waals surface area contributed by atoms with E-state index in [0.29, 0.717) is 4.47 Å². The van der Waals surface area contributed by atoms with Crippen LogP contribution in [-0.2, 0) is 13.0 Å². The number of aromatic nitrogens is 2. The molecular weight excluding hydrogens is 333 g/mol. The minimum absolute atomic E-state index is 0.281. The molecule has 21 heavy (non-hydrogen) atoms. The van der Waals surface area contributed by atoms with Gasteiger partial charge in [0, 0.05) is 18.2 Å². The molecule has 3 aromatic rings. The molecule has 1 aliphatic heterocycles. The van der Waals surface area contributed by atoms with Crippen molar-refractivity contribution in [3.63, 3.8) is 0 Å².